The molecule has 4 N–H and O–H groups in total. The number of fused-ring (bicyclic) bond motifs is 1. The Morgan fingerprint density at radius 1 is 0.756 bits per heavy atom. The number of hydrogen-bond donors (Lipinski definition) is 4. The van der Waals surface area contributed by atoms with Crippen LogP contribution in [-0.4, -0.2) is 34.6 Å². The highest BCUT2D eigenvalue weighted by atomic mass is 35.5. The van der Waals surface area contributed by atoms with Gasteiger partial charge in [-0.05, 0) is 77.0 Å². The number of anilines is 2. The Morgan fingerprint density at radius 2 is 1.44 bits per heavy atom. The van der Waals surface area contributed by atoms with Gasteiger partial charge in [0.25, 0.3) is 11.8 Å². The Morgan fingerprint density at radius 3 is 2.20 bits per heavy atom. The number of carbonyl (C=O) groups excluding carboxylic acids is 3. The van der Waals surface area contributed by atoms with E-state index >= 15 is 0 Å². The Labute approximate surface area is 268 Å². The molecule has 5 aromatic carbocycles. The van der Waals surface area contributed by atoms with E-state index < -0.39 is 17.8 Å². The number of rotatable bonds is 10. The molecule has 0 heterocycles. The molecule has 0 atom stereocenters. The third-order valence-corrected chi connectivity index (χ3v) is 7.96. The first-order valence-electron chi connectivity index (χ1n) is 13.7. The summed E-state index contributed by atoms with van der Waals surface area (Å²) in [5.74, 6) is -2.36. The Bertz CT molecular complexity index is 1920. The van der Waals surface area contributed by atoms with Crippen molar-refractivity contribution >= 4 is 75.3 Å². The van der Waals surface area contributed by atoms with Crippen LogP contribution in [0.2, 0.25) is 5.02 Å². The maximum Gasteiger partial charge on any atom is 0.337 e. The summed E-state index contributed by atoms with van der Waals surface area (Å²) in [5.41, 5.74) is 1.98. The maximum absolute atomic E-state index is 13.5. The zero-order chi connectivity index (χ0) is 31.8. The fraction of sp³-hybridized carbons (Fsp3) is 0.0286. The van der Waals surface area contributed by atoms with Crippen molar-refractivity contribution in [3.8, 4) is 0 Å². The summed E-state index contributed by atoms with van der Waals surface area (Å²) in [5, 5.41) is 19.5. The van der Waals surface area contributed by atoms with E-state index in [9.17, 15) is 24.3 Å². The molecule has 10 heteroatoms. The lowest BCUT2D eigenvalue weighted by Gasteiger charge is -2.13. The number of carboxylic acid groups (broad SMARTS) is 1. The fourth-order valence-corrected chi connectivity index (χ4v) is 5.32. The van der Waals surface area contributed by atoms with Crippen LogP contribution in [-0.2, 0) is 9.59 Å². The SMILES string of the molecule is O=C(CSc1ccc(NC(=O)/C(=C/c2cccc3ccccc23)NC(=O)c2ccccc2)cc1)Nc1ccc(Cl)c(C(=O)O)c1. The molecule has 0 saturated carbocycles. The van der Waals surface area contributed by atoms with Crippen molar-refractivity contribution in [3.63, 3.8) is 0 Å². The van der Waals surface area contributed by atoms with Gasteiger partial charge in [-0.3, -0.25) is 14.4 Å². The lowest BCUT2D eigenvalue weighted by molar-refractivity contribution is -0.114. The maximum atomic E-state index is 13.5. The van der Waals surface area contributed by atoms with Crippen LogP contribution in [0.4, 0.5) is 11.4 Å². The minimum absolute atomic E-state index is 0.0696. The van der Waals surface area contributed by atoms with Gasteiger partial charge in [-0.1, -0.05) is 72.3 Å². The first-order valence-corrected chi connectivity index (χ1v) is 15.1. The number of carboxylic acids is 1. The standard InChI is InChI=1S/C35H26ClN3O5S/c36-30-18-15-26(20-29(30)35(43)44)37-32(40)21-45-27-16-13-25(14-17-27)38-34(42)31(39-33(41)23-8-2-1-3-9-23)19-24-11-6-10-22-7-4-5-12-28(22)24/h1-20H,21H2,(H,37,40)(H,38,42)(H,39,41)(H,43,44)/b31-19-. The molecule has 0 aromatic heterocycles. The van der Waals surface area contributed by atoms with E-state index in [1.165, 1.54) is 30.0 Å². The zero-order valence-electron chi connectivity index (χ0n) is 23.6. The number of hydrogen-bond acceptors (Lipinski definition) is 5. The zero-order valence-corrected chi connectivity index (χ0v) is 25.2. The summed E-state index contributed by atoms with van der Waals surface area (Å²) in [4.78, 5) is 51.0. The molecule has 224 valence electrons. The second kappa shape index (κ2) is 14.4. The number of aromatic carboxylic acids is 1. The smallest absolute Gasteiger partial charge is 0.337 e. The van der Waals surface area contributed by atoms with Crippen LogP contribution < -0.4 is 16.0 Å². The van der Waals surface area contributed by atoms with Gasteiger partial charge in [0, 0.05) is 21.8 Å². The molecule has 5 rings (SSSR count). The van der Waals surface area contributed by atoms with Gasteiger partial charge in [-0.25, -0.2) is 4.79 Å². The molecule has 0 saturated heterocycles. The van der Waals surface area contributed by atoms with E-state index in [2.05, 4.69) is 16.0 Å². The van der Waals surface area contributed by atoms with E-state index in [-0.39, 0.29) is 27.9 Å². The van der Waals surface area contributed by atoms with Crippen molar-refractivity contribution in [1.29, 1.82) is 0 Å². The summed E-state index contributed by atoms with van der Waals surface area (Å²) >= 11 is 7.16. The third-order valence-electron chi connectivity index (χ3n) is 6.61. The Balaban J connectivity index is 1.27. The van der Waals surface area contributed by atoms with Crippen molar-refractivity contribution in [2.75, 3.05) is 16.4 Å². The van der Waals surface area contributed by atoms with Crippen LogP contribution in [0.1, 0.15) is 26.3 Å². The number of halogens is 1. The van der Waals surface area contributed by atoms with Gasteiger partial charge < -0.3 is 21.1 Å². The second-order valence-corrected chi connectivity index (χ2v) is 11.2. The first kappa shape index (κ1) is 31.1. The number of amides is 3. The molecule has 0 radical (unpaired) electrons. The summed E-state index contributed by atoms with van der Waals surface area (Å²) < 4.78 is 0. The normalized spacial score (nSPS) is 11.1. The van der Waals surface area contributed by atoms with Crippen LogP contribution in [0.15, 0.2) is 126 Å². The number of thioether (sulfide) groups is 1. The number of benzene rings is 5. The molecular formula is C35H26ClN3O5S. The predicted octanol–water partition coefficient (Wildman–Crippen LogP) is 7.33. The number of carbonyl (C=O) groups is 4. The van der Waals surface area contributed by atoms with Crippen molar-refractivity contribution < 1.29 is 24.3 Å². The summed E-state index contributed by atoms with van der Waals surface area (Å²) in [6.45, 7) is 0. The van der Waals surface area contributed by atoms with Gasteiger partial charge in [0.05, 0.1) is 16.3 Å². The van der Waals surface area contributed by atoms with E-state index in [1.807, 2.05) is 42.5 Å². The van der Waals surface area contributed by atoms with E-state index in [0.717, 1.165) is 21.2 Å². The largest absolute Gasteiger partial charge is 0.478 e. The Kier molecular flexibility index (Phi) is 9.93. The highest BCUT2D eigenvalue weighted by Crippen LogP contribution is 2.24. The molecule has 0 unspecified atom stereocenters. The molecule has 0 aliphatic heterocycles. The van der Waals surface area contributed by atoms with Crippen LogP contribution in [0.5, 0.6) is 0 Å². The van der Waals surface area contributed by atoms with Gasteiger partial charge in [-0.2, -0.15) is 0 Å². The first-order chi connectivity index (χ1) is 21.8. The molecule has 0 aliphatic carbocycles. The van der Waals surface area contributed by atoms with Crippen LogP contribution in [0, 0.1) is 0 Å². The van der Waals surface area contributed by atoms with Crippen molar-refractivity contribution in [2.45, 2.75) is 4.90 Å². The lowest BCUT2D eigenvalue weighted by Crippen LogP contribution is -2.30. The van der Waals surface area contributed by atoms with Gasteiger partial charge in [-0.15, -0.1) is 11.8 Å². The van der Waals surface area contributed by atoms with Crippen molar-refractivity contribution in [3.05, 3.63) is 143 Å². The molecule has 0 fully saturated rings. The van der Waals surface area contributed by atoms with E-state index in [1.54, 1.807) is 60.7 Å². The average Bonchev–Trinajstić information content (AvgIpc) is 3.05. The van der Waals surface area contributed by atoms with Gasteiger partial charge in [0.2, 0.25) is 5.91 Å². The highest BCUT2D eigenvalue weighted by molar-refractivity contribution is 8.00. The molecule has 0 spiro atoms. The third kappa shape index (κ3) is 8.17. The van der Waals surface area contributed by atoms with Crippen LogP contribution in [0.25, 0.3) is 16.8 Å². The molecular weight excluding hydrogens is 610 g/mol. The minimum atomic E-state index is -1.19. The van der Waals surface area contributed by atoms with Crippen LogP contribution in [0.3, 0.4) is 0 Å². The van der Waals surface area contributed by atoms with Gasteiger partial charge in [0.15, 0.2) is 0 Å². The molecule has 3 amide bonds. The van der Waals surface area contributed by atoms with Crippen molar-refractivity contribution in [2.24, 2.45) is 0 Å². The molecule has 0 aliphatic rings. The van der Waals surface area contributed by atoms with Crippen LogP contribution >= 0.6 is 23.4 Å². The highest BCUT2D eigenvalue weighted by Gasteiger charge is 2.16. The fourth-order valence-electron chi connectivity index (χ4n) is 4.42. The van der Waals surface area contributed by atoms with Gasteiger partial charge >= 0.3 is 5.97 Å². The average molecular weight is 636 g/mol. The van der Waals surface area contributed by atoms with E-state index in [4.69, 9.17) is 11.6 Å². The minimum Gasteiger partial charge on any atom is -0.478 e. The number of nitrogens with one attached hydrogen (secondary N) is 3. The predicted molar refractivity (Wildman–Crippen MR) is 179 cm³/mol. The Hall–Kier alpha value is -5.38. The molecule has 5 aromatic rings. The van der Waals surface area contributed by atoms with Gasteiger partial charge in [0.1, 0.15) is 5.70 Å². The van der Waals surface area contributed by atoms with E-state index in [0.29, 0.717) is 16.9 Å². The summed E-state index contributed by atoms with van der Waals surface area (Å²) in [6.07, 6.45) is 1.65. The molecule has 0 bridgehead atoms. The molecule has 45 heavy (non-hydrogen) atoms. The topological polar surface area (TPSA) is 125 Å². The summed E-state index contributed by atoms with van der Waals surface area (Å²) in [7, 11) is 0. The molecule has 8 nitrogen and oxygen atoms in total. The summed E-state index contributed by atoms with van der Waals surface area (Å²) in [6, 6.07) is 33.3. The monoisotopic (exact) mass is 635 g/mol. The lowest BCUT2D eigenvalue weighted by atomic mass is 10.0. The quantitative estimate of drug-likeness (QED) is 0.0941. The second-order valence-electron chi connectivity index (χ2n) is 9.76. The van der Waals surface area contributed by atoms with Crippen molar-refractivity contribution in [1.82, 2.24) is 5.32 Å².